The SMILES string of the molecule is COC(=O)/C=C(\C)c1ccc(CC(C)N2CC(c3csc(C(F)(F)F)n3)OC2C(=O)OC)cc1. The number of carbonyl (C=O) groups is 2. The van der Waals surface area contributed by atoms with Gasteiger partial charge in [0, 0.05) is 24.0 Å². The fourth-order valence-corrected chi connectivity index (χ4v) is 4.40. The lowest BCUT2D eigenvalue weighted by Crippen LogP contribution is -2.44. The molecule has 2 heterocycles. The average molecular weight is 499 g/mol. The van der Waals surface area contributed by atoms with Crippen molar-refractivity contribution < 1.29 is 37.0 Å². The van der Waals surface area contributed by atoms with E-state index in [0.29, 0.717) is 17.8 Å². The number of allylic oxidation sites excluding steroid dienone is 1. The lowest BCUT2D eigenvalue weighted by Gasteiger charge is -2.27. The topological polar surface area (TPSA) is 78.0 Å². The lowest BCUT2D eigenvalue weighted by molar-refractivity contribution is -0.162. The number of alkyl halides is 3. The second kappa shape index (κ2) is 10.7. The predicted octanol–water partition coefficient (Wildman–Crippen LogP) is 4.24. The summed E-state index contributed by atoms with van der Waals surface area (Å²) in [4.78, 5) is 29.2. The molecule has 0 N–H and O–H groups in total. The molecule has 0 amide bonds. The molecule has 34 heavy (non-hydrogen) atoms. The summed E-state index contributed by atoms with van der Waals surface area (Å²) in [6, 6.07) is 7.40. The van der Waals surface area contributed by atoms with Gasteiger partial charge in [0.1, 0.15) is 6.10 Å². The van der Waals surface area contributed by atoms with Gasteiger partial charge in [-0.3, -0.25) is 4.90 Å². The Morgan fingerprint density at radius 2 is 1.94 bits per heavy atom. The number of halogens is 3. The average Bonchev–Trinajstić information content (AvgIpc) is 3.46. The van der Waals surface area contributed by atoms with Crippen LogP contribution in [-0.4, -0.2) is 54.9 Å². The second-order valence-electron chi connectivity index (χ2n) is 7.87. The monoisotopic (exact) mass is 498 g/mol. The maximum Gasteiger partial charge on any atom is 0.443 e. The van der Waals surface area contributed by atoms with Crippen molar-refractivity contribution in [3.8, 4) is 0 Å². The zero-order valence-corrected chi connectivity index (χ0v) is 19.9. The van der Waals surface area contributed by atoms with Gasteiger partial charge >= 0.3 is 18.1 Å². The van der Waals surface area contributed by atoms with Gasteiger partial charge in [-0.15, -0.1) is 11.3 Å². The number of methoxy groups -OCH3 is 2. The van der Waals surface area contributed by atoms with Crippen LogP contribution in [0, 0.1) is 0 Å². The van der Waals surface area contributed by atoms with E-state index in [1.54, 1.807) is 11.8 Å². The van der Waals surface area contributed by atoms with E-state index >= 15 is 0 Å². The Balaban J connectivity index is 1.73. The Morgan fingerprint density at radius 1 is 1.26 bits per heavy atom. The molecule has 3 rings (SSSR count). The third kappa shape index (κ3) is 6.02. The smallest absolute Gasteiger partial charge is 0.443 e. The summed E-state index contributed by atoms with van der Waals surface area (Å²) in [5.74, 6) is -1.06. The number of hydrogen-bond donors (Lipinski definition) is 0. The van der Waals surface area contributed by atoms with Gasteiger partial charge in [-0.05, 0) is 37.0 Å². The van der Waals surface area contributed by atoms with Crippen LogP contribution in [0.3, 0.4) is 0 Å². The first-order chi connectivity index (χ1) is 16.0. The van der Waals surface area contributed by atoms with Crippen LogP contribution in [0.2, 0.25) is 0 Å². The predicted molar refractivity (Wildman–Crippen MR) is 119 cm³/mol. The van der Waals surface area contributed by atoms with Crippen LogP contribution in [0.25, 0.3) is 5.57 Å². The van der Waals surface area contributed by atoms with E-state index in [4.69, 9.17) is 9.47 Å². The van der Waals surface area contributed by atoms with Crippen LogP contribution >= 0.6 is 11.3 Å². The van der Waals surface area contributed by atoms with Gasteiger partial charge in [0.05, 0.1) is 19.9 Å². The molecule has 0 radical (unpaired) electrons. The van der Waals surface area contributed by atoms with Gasteiger partial charge in [0.25, 0.3) is 0 Å². The lowest BCUT2D eigenvalue weighted by atomic mass is 10.0. The number of ether oxygens (including phenoxy) is 3. The number of esters is 2. The van der Waals surface area contributed by atoms with Crippen molar-refractivity contribution in [1.82, 2.24) is 9.88 Å². The molecule has 1 aliphatic rings. The summed E-state index contributed by atoms with van der Waals surface area (Å²) in [5.41, 5.74) is 2.73. The zero-order chi connectivity index (χ0) is 25.0. The largest absolute Gasteiger partial charge is 0.466 e. The fraction of sp³-hybridized carbons (Fsp3) is 0.435. The van der Waals surface area contributed by atoms with Crippen LogP contribution in [0.15, 0.2) is 35.7 Å². The second-order valence-corrected chi connectivity index (χ2v) is 8.73. The summed E-state index contributed by atoms with van der Waals surface area (Å²) in [6.07, 6.45) is -4.41. The minimum atomic E-state index is -4.53. The number of carbonyl (C=O) groups excluding carboxylic acids is 2. The van der Waals surface area contributed by atoms with E-state index < -0.39 is 35.5 Å². The summed E-state index contributed by atoms with van der Waals surface area (Å²) >= 11 is 0.495. The van der Waals surface area contributed by atoms with Crippen LogP contribution in [0.5, 0.6) is 0 Å². The molecule has 1 aromatic carbocycles. The van der Waals surface area contributed by atoms with Gasteiger partial charge in [-0.2, -0.15) is 13.2 Å². The number of nitrogens with zero attached hydrogens (tertiary/aromatic N) is 2. The van der Waals surface area contributed by atoms with Crippen molar-refractivity contribution >= 4 is 28.8 Å². The standard InChI is InChI=1S/C23H25F3N2O5S/c1-13(9-19(29)31-3)16-7-5-15(6-8-16)10-14(2)28-11-18(33-20(28)21(30)32-4)17-12-34-22(27-17)23(24,25)26/h5-9,12,14,18,20H,10-11H2,1-4H3/b13-9+. The molecule has 7 nitrogen and oxygen atoms in total. The minimum Gasteiger partial charge on any atom is -0.466 e. The van der Waals surface area contributed by atoms with E-state index in [-0.39, 0.29) is 18.3 Å². The molecule has 1 fully saturated rings. The molecule has 3 atom stereocenters. The Kier molecular flexibility index (Phi) is 8.11. The van der Waals surface area contributed by atoms with E-state index in [9.17, 15) is 22.8 Å². The Bertz CT molecular complexity index is 1050. The van der Waals surface area contributed by atoms with Gasteiger partial charge in [-0.25, -0.2) is 14.6 Å². The highest BCUT2D eigenvalue weighted by Crippen LogP contribution is 2.36. The number of benzene rings is 1. The van der Waals surface area contributed by atoms with E-state index in [1.165, 1.54) is 25.7 Å². The van der Waals surface area contributed by atoms with Crippen LogP contribution in [0.4, 0.5) is 13.2 Å². The molecule has 0 saturated carbocycles. The zero-order valence-electron chi connectivity index (χ0n) is 19.1. The van der Waals surface area contributed by atoms with E-state index in [2.05, 4.69) is 9.72 Å². The van der Waals surface area contributed by atoms with Crippen molar-refractivity contribution in [2.24, 2.45) is 0 Å². The summed E-state index contributed by atoms with van der Waals surface area (Å²) in [5, 5.41) is 0.350. The Labute approximate surface area is 199 Å². The van der Waals surface area contributed by atoms with Crippen molar-refractivity contribution in [1.29, 1.82) is 0 Å². The van der Waals surface area contributed by atoms with Gasteiger partial charge in [0.2, 0.25) is 6.23 Å². The third-order valence-corrected chi connectivity index (χ3v) is 6.42. The first-order valence-electron chi connectivity index (χ1n) is 10.4. The maximum atomic E-state index is 12.9. The van der Waals surface area contributed by atoms with Gasteiger partial charge < -0.3 is 14.2 Å². The highest BCUT2D eigenvalue weighted by Gasteiger charge is 2.43. The number of rotatable bonds is 7. The molecule has 11 heteroatoms. The molecule has 1 saturated heterocycles. The van der Waals surface area contributed by atoms with Crippen molar-refractivity contribution in [3.63, 3.8) is 0 Å². The molecule has 0 spiro atoms. The van der Waals surface area contributed by atoms with Gasteiger partial charge in [0.15, 0.2) is 5.01 Å². The fourth-order valence-electron chi connectivity index (χ4n) is 3.68. The molecule has 1 aliphatic heterocycles. The van der Waals surface area contributed by atoms with Gasteiger partial charge in [-0.1, -0.05) is 24.3 Å². The van der Waals surface area contributed by atoms with Crippen LogP contribution < -0.4 is 0 Å². The van der Waals surface area contributed by atoms with Crippen LogP contribution in [-0.2, 0) is 36.4 Å². The van der Waals surface area contributed by atoms with E-state index in [0.717, 1.165) is 16.7 Å². The third-order valence-electron chi connectivity index (χ3n) is 5.51. The maximum absolute atomic E-state index is 12.9. The number of aromatic nitrogens is 1. The molecule has 3 unspecified atom stereocenters. The van der Waals surface area contributed by atoms with Crippen molar-refractivity contribution in [3.05, 3.63) is 57.6 Å². The molecule has 1 aromatic heterocycles. The molecule has 0 aliphatic carbocycles. The molecular weight excluding hydrogens is 473 g/mol. The molecule has 184 valence electrons. The van der Waals surface area contributed by atoms with E-state index in [1.807, 2.05) is 31.2 Å². The van der Waals surface area contributed by atoms with Crippen molar-refractivity contribution in [2.75, 3.05) is 20.8 Å². The number of hydrogen-bond acceptors (Lipinski definition) is 8. The number of thiazole rings is 1. The first-order valence-corrected chi connectivity index (χ1v) is 11.3. The quantitative estimate of drug-likeness (QED) is 0.417. The first kappa shape index (κ1) is 25.9. The highest BCUT2D eigenvalue weighted by molar-refractivity contribution is 7.09. The molecular formula is C23H25F3N2O5S. The summed E-state index contributed by atoms with van der Waals surface area (Å²) in [7, 11) is 2.55. The minimum absolute atomic E-state index is 0.137. The normalized spacial score (nSPS) is 20.3. The molecule has 0 bridgehead atoms. The molecule has 2 aromatic rings. The highest BCUT2D eigenvalue weighted by atomic mass is 32.1. The summed E-state index contributed by atoms with van der Waals surface area (Å²) < 4.78 is 54.1. The summed E-state index contributed by atoms with van der Waals surface area (Å²) in [6.45, 7) is 3.90. The van der Waals surface area contributed by atoms with Crippen molar-refractivity contribution in [2.45, 2.75) is 44.8 Å². The Hall–Kier alpha value is -2.76. The van der Waals surface area contributed by atoms with Crippen LogP contribution in [0.1, 0.15) is 41.8 Å². The Morgan fingerprint density at radius 3 is 2.50 bits per heavy atom.